The van der Waals surface area contributed by atoms with Gasteiger partial charge in [0.05, 0.1) is 13.1 Å². The SMILES string of the molecule is O=C(CCCCC1CCCCC1C(=O)Oc1c(I)cc(I)cc1I)OC(C(F)(F)F)C(F)(F)S(=O)(=O)O. The van der Waals surface area contributed by atoms with Gasteiger partial charge >= 0.3 is 33.5 Å². The Morgan fingerprint density at radius 3 is 2.14 bits per heavy atom. The van der Waals surface area contributed by atoms with Gasteiger partial charge in [0.2, 0.25) is 0 Å². The van der Waals surface area contributed by atoms with Crippen molar-refractivity contribution < 1.29 is 54.0 Å². The lowest BCUT2D eigenvalue weighted by molar-refractivity contribution is -0.259. The Morgan fingerprint density at radius 2 is 1.59 bits per heavy atom. The molecule has 1 N–H and O–H groups in total. The minimum atomic E-state index is -6.49. The van der Waals surface area contributed by atoms with E-state index in [1.807, 2.05) is 12.1 Å². The van der Waals surface area contributed by atoms with Crippen LogP contribution in [0, 0.1) is 22.5 Å². The predicted molar refractivity (Wildman–Crippen MR) is 147 cm³/mol. The summed E-state index contributed by atoms with van der Waals surface area (Å²) in [5.41, 5.74) is 0. The molecule has 3 atom stereocenters. The minimum absolute atomic E-state index is 0.0357. The van der Waals surface area contributed by atoms with E-state index >= 15 is 0 Å². The van der Waals surface area contributed by atoms with Crippen LogP contribution in [0.3, 0.4) is 0 Å². The molecule has 0 spiro atoms. The van der Waals surface area contributed by atoms with E-state index in [-0.39, 0.29) is 24.7 Å². The summed E-state index contributed by atoms with van der Waals surface area (Å²) < 4.78 is 108. The van der Waals surface area contributed by atoms with Crippen LogP contribution in [0.1, 0.15) is 51.4 Å². The van der Waals surface area contributed by atoms with Crippen molar-refractivity contribution in [3.8, 4) is 5.75 Å². The lowest BCUT2D eigenvalue weighted by atomic mass is 9.76. The number of esters is 2. The first-order chi connectivity index (χ1) is 16.9. The molecule has 1 aliphatic carbocycles. The molecule has 37 heavy (non-hydrogen) atoms. The first kappa shape index (κ1) is 33.1. The third kappa shape index (κ3) is 9.22. The molecular formula is C21H22F5I3O7S. The van der Waals surface area contributed by atoms with E-state index in [4.69, 9.17) is 9.29 Å². The zero-order chi connectivity index (χ0) is 28.2. The quantitative estimate of drug-likeness (QED) is 0.0694. The van der Waals surface area contributed by atoms with E-state index in [0.717, 1.165) is 23.6 Å². The lowest BCUT2D eigenvalue weighted by Crippen LogP contribution is -2.52. The maximum Gasteiger partial charge on any atom is 0.432 e. The van der Waals surface area contributed by atoms with E-state index in [0.29, 0.717) is 25.0 Å². The second kappa shape index (κ2) is 13.5. The van der Waals surface area contributed by atoms with Crippen LogP contribution >= 0.6 is 67.8 Å². The lowest BCUT2D eigenvalue weighted by Gasteiger charge is -2.30. The highest BCUT2D eigenvalue weighted by Crippen LogP contribution is 2.39. The van der Waals surface area contributed by atoms with E-state index in [9.17, 15) is 40.0 Å². The van der Waals surface area contributed by atoms with Crippen LogP contribution in [0.4, 0.5) is 22.0 Å². The number of hydrogen-bond acceptors (Lipinski definition) is 6. The number of alkyl halides is 5. The molecule has 0 saturated heterocycles. The highest BCUT2D eigenvalue weighted by molar-refractivity contribution is 14.1. The number of halogens is 8. The first-order valence-corrected chi connectivity index (χ1v) is 15.6. The van der Waals surface area contributed by atoms with Crippen molar-refractivity contribution in [2.24, 2.45) is 11.8 Å². The number of ether oxygens (including phenoxy) is 2. The number of rotatable bonds is 10. The fourth-order valence-electron chi connectivity index (χ4n) is 3.99. The van der Waals surface area contributed by atoms with Crippen molar-refractivity contribution >= 4 is 89.8 Å². The monoisotopic (exact) mass is 894 g/mol. The Morgan fingerprint density at radius 1 is 1.03 bits per heavy atom. The van der Waals surface area contributed by atoms with Gasteiger partial charge in [0.1, 0.15) is 0 Å². The van der Waals surface area contributed by atoms with E-state index in [1.54, 1.807) is 0 Å². The summed E-state index contributed by atoms with van der Waals surface area (Å²) in [6.45, 7) is 0. The van der Waals surface area contributed by atoms with Crippen molar-refractivity contribution in [2.45, 2.75) is 68.9 Å². The Bertz CT molecular complexity index is 1080. The Labute approximate surface area is 251 Å². The molecule has 1 saturated carbocycles. The number of hydrogen-bond donors (Lipinski definition) is 1. The predicted octanol–water partition coefficient (Wildman–Crippen LogP) is 6.73. The van der Waals surface area contributed by atoms with E-state index in [1.165, 1.54) is 0 Å². The second-order valence-electron chi connectivity index (χ2n) is 8.46. The van der Waals surface area contributed by atoms with Gasteiger partial charge in [-0.05, 0) is 112 Å². The van der Waals surface area contributed by atoms with Crippen molar-refractivity contribution in [3.05, 3.63) is 22.8 Å². The van der Waals surface area contributed by atoms with Crippen LogP contribution < -0.4 is 4.74 Å². The minimum Gasteiger partial charge on any atom is -0.445 e. The third-order valence-electron chi connectivity index (χ3n) is 5.78. The highest BCUT2D eigenvalue weighted by Gasteiger charge is 2.66. The summed E-state index contributed by atoms with van der Waals surface area (Å²) in [4.78, 5) is 24.7. The van der Waals surface area contributed by atoms with Crippen LogP contribution in [-0.2, 0) is 24.4 Å². The molecule has 0 aliphatic heterocycles. The molecule has 2 rings (SSSR count). The zero-order valence-corrected chi connectivity index (χ0v) is 26.2. The molecule has 1 aromatic rings. The Kier molecular flexibility index (Phi) is 12.1. The van der Waals surface area contributed by atoms with E-state index in [2.05, 4.69) is 72.5 Å². The fourth-order valence-corrected chi connectivity index (χ4v) is 8.25. The molecular weight excluding hydrogens is 872 g/mol. The molecule has 3 unspecified atom stereocenters. The second-order valence-corrected chi connectivity index (χ2v) is 13.5. The van der Waals surface area contributed by atoms with Gasteiger partial charge in [-0.25, -0.2) is 0 Å². The van der Waals surface area contributed by atoms with Crippen molar-refractivity contribution in [1.82, 2.24) is 0 Å². The number of carbonyl (C=O) groups is 2. The topological polar surface area (TPSA) is 107 Å². The summed E-state index contributed by atoms with van der Waals surface area (Å²) in [5.74, 6) is -2.10. The molecule has 0 heterocycles. The maximum absolute atomic E-state index is 13.5. The summed E-state index contributed by atoms with van der Waals surface area (Å²) in [6.07, 6.45) is -7.27. The Hall–Kier alpha value is -0.0900. The molecule has 7 nitrogen and oxygen atoms in total. The van der Waals surface area contributed by atoms with Gasteiger partial charge < -0.3 is 9.47 Å². The summed E-state index contributed by atoms with van der Waals surface area (Å²) in [6, 6.07) is 3.75. The number of carbonyl (C=O) groups excluding carboxylic acids is 2. The molecule has 0 amide bonds. The van der Waals surface area contributed by atoms with Gasteiger partial charge in [0.25, 0.3) is 6.10 Å². The average molecular weight is 894 g/mol. The van der Waals surface area contributed by atoms with Crippen LogP contribution in [0.15, 0.2) is 12.1 Å². The summed E-state index contributed by atoms with van der Waals surface area (Å²) >= 11 is 6.32. The van der Waals surface area contributed by atoms with Crippen molar-refractivity contribution in [3.63, 3.8) is 0 Å². The highest BCUT2D eigenvalue weighted by atomic mass is 127. The maximum atomic E-state index is 13.5. The first-order valence-electron chi connectivity index (χ1n) is 10.9. The number of benzene rings is 1. The van der Waals surface area contributed by atoms with Crippen LogP contribution in [0.2, 0.25) is 0 Å². The average Bonchev–Trinajstić information content (AvgIpc) is 2.76. The van der Waals surface area contributed by atoms with Gasteiger partial charge in [-0.15, -0.1) is 0 Å². The van der Waals surface area contributed by atoms with Gasteiger partial charge in [0, 0.05) is 9.99 Å². The summed E-state index contributed by atoms with van der Waals surface area (Å²) in [5, 5.41) is -5.76. The van der Waals surface area contributed by atoms with Crippen LogP contribution in [0.5, 0.6) is 5.75 Å². The number of unbranched alkanes of at least 4 members (excludes halogenated alkanes) is 1. The van der Waals surface area contributed by atoms with Crippen LogP contribution in [-0.4, -0.2) is 42.4 Å². The van der Waals surface area contributed by atoms with Gasteiger partial charge in [-0.3, -0.25) is 14.1 Å². The van der Waals surface area contributed by atoms with Crippen molar-refractivity contribution in [2.75, 3.05) is 0 Å². The smallest absolute Gasteiger partial charge is 0.432 e. The normalized spacial score (nSPS) is 19.8. The summed E-state index contributed by atoms with van der Waals surface area (Å²) in [7, 11) is -6.49. The standard InChI is InChI=1S/C21H22F5I3O7S/c22-20(23,24)19(21(25,26)37(32,33)34)35-16(30)8-4-2-6-11-5-1-3-7-13(11)18(31)36-17-14(28)9-12(27)10-15(17)29/h9-11,13,19H,1-8H2,(H,32,33,34). The molecule has 0 aromatic heterocycles. The molecule has 1 fully saturated rings. The van der Waals surface area contributed by atoms with Gasteiger partial charge in [-0.2, -0.15) is 30.4 Å². The molecule has 0 bridgehead atoms. The molecule has 0 radical (unpaired) electrons. The molecule has 16 heteroatoms. The zero-order valence-electron chi connectivity index (χ0n) is 18.9. The molecule has 210 valence electrons. The van der Waals surface area contributed by atoms with Gasteiger partial charge in [0.15, 0.2) is 5.75 Å². The molecule has 1 aromatic carbocycles. The van der Waals surface area contributed by atoms with Gasteiger partial charge in [-0.1, -0.05) is 19.3 Å². The molecule has 1 aliphatic rings. The third-order valence-corrected chi connectivity index (χ3v) is 8.91. The fraction of sp³-hybridized carbons (Fsp3) is 0.619. The van der Waals surface area contributed by atoms with Crippen LogP contribution in [0.25, 0.3) is 0 Å². The van der Waals surface area contributed by atoms with Crippen molar-refractivity contribution in [1.29, 1.82) is 0 Å². The Balaban J connectivity index is 1.94. The van der Waals surface area contributed by atoms with E-state index < -0.39 is 46.0 Å². The largest absolute Gasteiger partial charge is 0.445 e.